The summed E-state index contributed by atoms with van der Waals surface area (Å²) in [5, 5.41) is 3.61. The minimum atomic E-state index is 0.549. The minimum Gasteiger partial charge on any atom is -0.496 e. The largest absolute Gasteiger partial charge is 0.496 e. The Labute approximate surface area is 124 Å². The lowest BCUT2D eigenvalue weighted by atomic mass is 9.85. The lowest BCUT2D eigenvalue weighted by Crippen LogP contribution is -2.28. The molecule has 2 heteroatoms. The van der Waals surface area contributed by atoms with Crippen molar-refractivity contribution >= 4 is 0 Å². The van der Waals surface area contributed by atoms with E-state index in [4.69, 9.17) is 4.74 Å². The molecule has 20 heavy (non-hydrogen) atoms. The third-order valence-corrected chi connectivity index (χ3v) is 4.11. The van der Waals surface area contributed by atoms with Crippen LogP contribution in [0.5, 0.6) is 5.75 Å². The summed E-state index contributed by atoms with van der Waals surface area (Å²) in [4.78, 5) is 0. The molecule has 1 aromatic carbocycles. The van der Waals surface area contributed by atoms with E-state index in [1.165, 1.54) is 17.5 Å². The third-order valence-electron chi connectivity index (χ3n) is 4.11. The predicted molar refractivity (Wildman–Crippen MR) is 87.6 cm³/mol. The van der Waals surface area contributed by atoms with Crippen molar-refractivity contribution in [3.8, 4) is 5.75 Å². The SMILES string of the molecule is CCC(C)C(CNCC(C)C)c1ccc(C)c(OC)c1. The lowest BCUT2D eigenvalue weighted by molar-refractivity contribution is 0.397. The van der Waals surface area contributed by atoms with E-state index in [0.717, 1.165) is 18.8 Å². The van der Waals surface area contributed by atoms with Gasteiger partial charge in [-0.05, 0) is 48.4 Å². The first-order valence-electron chi connectivity index (χ1n) is 7.84. The Balaban J connectivity index is 2.86. The summed E-state index contributed by atoms with van der Waals surface area (Å²) in [6.45, 7) is 13.3. The van der Waals surface area contributed by atoms with Gasteiger partial charge in [0, 0.05) is 6.54 Å². The standard InChI is InChI=1S/C18H31NO/c1-7-14(4)17(12-19-11-13(2)3)16-9-8-15(5)18(10-16)20-6/h8-10,13-14,17,19H,7,11-12H2,1-6H3. The molecule has 2 nitrogen and oxygen atoms in total. The van der Waals surface area contributed by atoms with E-state index in [1.807, 2.05) is 0 Å². The summed E-state index contributed by atoms with van der Waals surface area (Å²) in [5.74, 6) is 2.91. The van der Waals surface area contributed by atoms with E-state index in [0.29, 0.717) is 17.8 Å². The van der Waals surface area contributed by atoms with E-state index in [2.05, 4.69) is 58.1 Å². The second-order valence-electron chi connectivity index (χ2n) is 6.27. The van der Waals surface area contributed by atoms with Gasteiger partial charge in [0.1, 0.15) is 5.75 Å². The molecule has 114 valence electrons. The minimum absolute atomic E-state index is 0.549. The monoisotopic (exact) mass is 277 g/mol. The number of nitrogens with one attached hydrogen (secondary N) is 1. The zero-order valence-corrected chi connectivity index (χ0v) is 14.0. The fourth-order valence-electron chi connectivity index (χ4n) is 2.53. The first kappa shape index (κ1) is 17.0. The Hall–Kier alpha value is -1.02. The maximum absolute atomic E-state index is 5.47. The van der Waals surface area contributed by atoms with Gasteiger partial charge in [-0.2, -0.15) is 0 Å². The summed E-state index contributed by atoms with van der Waals surface area (Å²) >= 11 is 0. The van der Waals surface area contributed by atoms with E-state index in [9.17, 15) is 0 Å². The highest BCUT2D eigenvalue weighted by Gasteiger charge is 2.19. The van der Waals surface area contributed by atoms with Gasteiger partial charge in [-0.15, -0.1) is 0 Å². The topological polar surface area (TPSA) is 21.3 Å². The lowest BCUT2D eigenvalue weighted by Gasteiger charge is -2.25. The number of hydrogen-bond acceptors (Lipinski definition) is 2. The second kappa shape index (κ2) is 8.31. The van der Waals surface area contributed by atoms with Gasteiger partial charge in [-0.1, -0.05) is 46.2 Å². The first-order chi connectivity index (χ1) is 9.49. The molecule has 0 spiro atoms. The molecule has 2 atom stereocenters. The van der Waals surface area contributed by atoms with Crippen LogP contribution in [0.15, 0.2) is 18.2 Å². The zero-order chi connectivity index (χ0) is 15.1. The van der Waals surface area contributed by atoms with Crippen molar-refractivity contribution in [3.05, 3.63) is 29.3 Å². The molecule has 1 rings (SSSR count). The molecule has 0 bridgehead atoms. The molecule has 0 saturated carbocycles. The van der Waals surface area contributed by atoms with Crippen LogP contribution in [0.3, 0.4) is 0 Å². The summed E-state index contributed by atoms with van der Waals surface area (Å²) in [6, 6.07) is 6.64. The number of ether oxygens (including phenoxy) is 1. The van der Waals surface area contributed by atoms with E-state index in [-0.39, 0.29) is 0 Å². The molecule has 0 aliphatic heterocycles. The average Bonchev–Trinajstić information content (AvgIpc) is 2.43. The van der Waals surface area contributed by atoms with Crippen LogP contribution >= 0.6 is 0 Å². The highest BCUT2D eigenvalue weighted by Crippen LogP contribution is 2.30. The van der Waals surface area contributed by atoms with Gasteiger partial charge in [0.25, 0.3) is 0 Å². The Morgan fingerprint density at radius 1 is 1.15 bits per heavy atom. The van der Waals surface area contributed by atoms with Gasteiger partial charge >= 0.3 is 0 Å². The molecule has 0 aliphatic carbocycles. The predicted octanol–water partition coefficient (Wildman–Crippen LogP) is 4.38. The summed E-state index contributed by atoms with van der Waals surface area (Å²) in [6.07, 6.45) is 1.20. The van der Waals surface area contributed by atoms with Crippen molar-refractivity contribution < 1.29 is 4.74 Å². The summed E-state index contributed by atoms with van der Waals surface area (Å²) in [5.41, 5.74) is 2.59. The smallest absolute Gasteiger partial charge is 0.122 e. The molecule has 0 aliphatic rings. The zero-order valence-electron chi connectivity index (χ0n) is 14.0. The maximum atomic E-state index is 5.47. The second-order valence-corrected chi connectivity index (χ2v) is 6.27. The molecule has 0 fully saturated rings. The molecule has 0 amide bonds. The molecule has 0 radical (unpaired) electrons. The van der Waals surface area contributed by atoms with Crippen molar-refractivity contribution in [2.24, 2.45) is 11.8 Å². The van der Waals surface area contributed by atoms with Gasteiger partial charge in [0.05, 0.1) is 7.11 Å². The molecule has 0 saturated heterocycles. The Morgan fingerprint density at radius 3 is 2.40 bits per heavy atom. The highest BCUT2D eigenvalue weighted by atomic mass is 16.5. The first-order valence-corrected chi connectivity index (χ1v) is 7.84. The van der Waals surface area contributed by atoms with Crippen molar-refractivity contribution in [1.82, 2.24) is 5.32 Å². The van der Waals surface area contributed by atoms with E-state index >= 15 is 0 Å². The molecule has 0 heterocycles. The molecular formula is C18H31NO. The third kappa shape index (κ3) is 4.82. The van der Waals surface area contributed by atoms with E-state index < -0.39 is 0 Å². The van der Waals surface area contributed by atoms with Crippen LogP contribution < -0.4 is 10.1 Å². The van der Waals surface area contributed by atoms with Gasteiger partial charge in [0.15, 0.2) is 0 Å². The van der Waals surface area contributed by atoms with Gasteiger partial charge < -0.3 is 10.1 Å². The van der Waals surface area contributed by atoms with Crippen LogP contribution in [0, 0.1) is 18.8 Å². The fraction of sp³-hybridized carbons (Fsp3) is 0.667. The number of methoxy groups -OCH3 is 1. The van der Waals surface area contributed by atoms with Gasteiger partial charge in [-0.3, -0.25) is 0 Å². The average molecular weight is 277 g/mol. The van der Waals surface area contributed by atoms with Crippen LogP contribution in [0.2, 0.25) is 0 Å². The Bertz CT molecular complexity index is 400. The molecular weight excluding hydrogens is 246 g/mol. The van der Waals surface area contributed by atoms with Gasteiger partial charge in [0.2, 0.25) is 0 Å². The van der Waals surface area contributed by atoms with Gasteiger partial charge in [-0.25, -0.2) is 0 Å². The fourth-order valence-corrected chi connectivity index (χ4v) is 2.53. The highest BCUT2D eigenvalue weighted by molar-refractivity contribution is 5.38. The van der Waals surface area contributed by atoms with Crippen molar-refractivity contribution in [2.75, 3.05) is 20.2 Å². The maximum Gasteiger partial charge on any atom is 0.122 e. The molecule has 2 unspecified atom stereocenters. The number of aryl methyl sites for hydroxylation is 1. The molecule has 0 aromatic heterocycles. The van der Waals surface area contributed by atoms with Crippen molar-refractivity contribution in [2.45, 2.75) is 47.0 Å². The normalized spacial score (nSPS) is 14.3. The van der Waals surface area contributed by atoms with Crippen LogP contribution in [0.25, 0.3) is 0 Å². The van der Waals surface area contributed by atoms with Crippen LogP contribution in [0.1, 0.15) is 51.2 Å². The summed E-state index contributed by atoms with van der Waals surface area (Å²) < 4.78 is 5.47. The van der Waals surface area contributed by atoms with Crippen LogP contribution in [-0.4, -0.2) is 20.2 Å². The van der Waals surface area contributed by atoms with Crippen LogP contribution in [-0.2, 0) is 0 Å². The van der Waals surface area contributed by atoms with Crippen LogP contribution in [0.4, 0.5) is 0 Å². The Kier molecular flexibility index (Phi) is 7.08. The summed E-state index contributed by atoms with van der Waals surface area (Å²) in [7, 11) is 1.75. The number of hydrogen-bond donors (Lipinski definition) is 1. The molecule has 1 aromatic rings. The number of benzene rings is 1. The van der Waals surface area contributed by atoms with Crippen molar-refractivity contribution in [1.29, 1.82) is 0 Å². The molecule has 1 N–H and O–H groups in total. The van der Waals surface area contributed by atoms with Crippen molar-refractivity contribution in [3.63, 3.8) is 0 Å². The quantitative estimate of drug-likeness (QED) is 0.761. The van der Waals surface area contributed by atoms with E-state index in [1.54, 1.807) is 7.11 Å². The number of rotatable bonds is 8. The Morgan fingerprint density at radius 2 is 1.85 bits per heavy atom.